The molecule has 0 amide bonds. The predicted octanol–water partition coefficient (Wildman–Crippen LogP) is 1.69. The van der Waals surface area contributed by atoms with Gasteiger partial charge in [0.25, 0.3) is 0 Å². The zero-order valence-corrected chi connectivity index (χ0v) is 10.9. The van der Waals surface area contributed by atoms with Gasteiger partial charge in [0.1, 0.15) is 5.54 Å². The maximum absolute atomic E-state index is 11.2. The highest BCUT2D eigenvalue weighted by molar-refractivity contribution is 5.80. The Hall–Kier alpha value is -1.55. The van der Waals surface area contributed by atoms with Crippen LogP contribution in [0.15, 0.2) is 18.2 Å². The average molecular weight is 248 g/mol. The smallest absolute Gasteiger partial charge is 0.325 e. The molecule has 1 heterocycles. The highest BCUT2D eigenvalue weighted by Crippen LogP contribution is 2.27. The Bertz CT molecular complexity index is 473. The monoisotopic (exact) mass is 248 g/mol. The van der Waals surface area contributed by atoms with Crippen molar-refractivity contribution in [3.63, 3.8) is 0 Å². The van der Waals surface area contributed by atoms with Crippen molar-refractivity contribution in [3.8, 4) is 0 Å². The van der Waals surface area contributed by atoms with Crippen LogP contribution in [0.2, 0.25) is 0 Å². The number of rotatable bonds is 2. The number of nitrogens with two attached hydrogens (primary N) is 1. The van der Waals surface area contributed by atoms with Crippen molar-refractivity contribution in [2.24, 2.45) is 5.73 Å². The summed E-state index contributed by atoms with van der Waals surface area (Å²) < 4.78 is 0. The lowest BCUT2D eigenvalue weighted by Gasteiger charge is -2.39. The third kappa shape index (κ3) is 2.34. The van der Waals surface area contributed by atoms with Gasteiger partial charge in [0.2, 0.25) is 0 Å². The molecule has 4 heteroatoms. The third-order valence-corrected chi connectivity index (χ3v) is 3.64. The zero-order valence-electron chi connectivity index (χ0n) is 10.9. The number of nitrogens with zero attached hydrogens (tertiary/aromatic N) is 1. The molecular weight excluding hydrogens is 228 g/mol. The van der Waals surface area contributed by atoms with Crippen LogP contribution in [0, 0.1) is 13.8 Å². The largest absolute Gasteiger partial charge is 0.480 e. The van der Waals surface area contributed by atoms with Gasteiger partial charge in [0, 0.05) is 18.8 Å². The predicted molar refractivity (Wildman–Crippen MR) is 71.9 cm³/mol. The second kappa shape index (κ2) is 4.61. The van der Waals surface area contributed by atoms with Gasteiger partial charge in [0.05, 0.1) is 0 Å². The molecule has 0 saturated carbocycles. The number of benzene rings is 1. The van der Waals surface area contributed by atoms with Gasteiger partial charge >= 0.3 is 5.97 Å². The van der Waals surface area contributed by atoms with Crippen LogP contribution in [0.3, 0.4) is 0 Å². The number of hydrogen-bond donors (Lipinski definition) is 2. The second-order valence-electron chi connectivity index (χ2n) is 5.28. The van der Waals surface area contributed by atoms with E-state index >= 15 is 0 Å². The summed E-state index contributed by atoms with van der Waals surface area (Å²) in [4.78, 5) is 13.3. The summed E-state index contributed by atoms with van der Waals surface area (Å²) in [5.41, 5.74) is 8.33. The fourth-order valence-electron chi connectivity index (χ4n) is 2.62. The van der Waals surface area contributed by atoms with Gasteiger partial charge in [0.15, 0.2) is 0 Å². The van der Waals surface area contributed by atoms with Crippen LogP contribution >= 0.6 is 0 Å². The van der Waals surface area contributed by atoms with Crippen molar-refractivity contribution in [3.05, 3.63) is 29.3 Å². The van der Waals surface area contributed by atoms with Crippen molar-refractivity contribution >= 4 is 11.7 Å². The molecule has 18 heavy (non-hydrogen) atoms. The summed E-state index contributed by atoms with van der Waals surface area (Å²) in [6.45, 7) is 5.36. The van der Waals surface area contributed by atoms with Gasteiger partial charge in [-0.1, -0.05) is 17.7 Å². The molecule has 1 saturated heterocycles. The number of hydrogen-bond acceptors (Lipinski definition) is 3. The summed E-state index contributed by atoms with van der Waals surface area (Å²) >= 11 is 0. The Morgan fingerprint density at radius 2 is 2.17 bits per heavy atom. The second-order valence-corrected chi connectivity index (χ2v) is 5.28. The lowest BCUT2D eigenvalue weighted by molar-refractivity contribution is -0.143. The van der Waals surface area contributed by atoms with Gasteiger partial charge in [-0.15, -0.1) is 0 Å². The van der Waals surface area contributed by atoms with Gasteiger partial charge in [-0.2, -0.15) is 0 Å². The Morgan fingerprint density at radius 1 is 1.44 bits per heavy atom. The van der Waals surface area contributed by atoms with Crippen LogP contribution in [0.4, 0.5) is 5.69 Å². The maximum atomic E-state index is 11.2. The Labute approximate surface area is 107 Å². The van der Waals surface area contributed by atoms with Crippen molar-refractivity contribution in [2.45, 2.75) is 32.2 Å². The van der Waals surface area contributed by atoms with Crippen molar-refractivity contribution in [1.29, 1.82) is 0 Å². The fourth-order valence-corrected chi connectivity index (χ4v) is 2.62. The first kappa shape index (κ1) is 12.9. The SMILES string of the molecule is Cc1ccc(N2CCCC(N)(C(=O)O)C2)c(C)c1. The molecular formula is C14H20N2O2. The number of piperidine rings is 1. The number of carbonyl (C=O) groups is 1. The summed E-state index contributed by atoms with van der Waals surface area (Å²) in [6.07, 6.45) is 1.36. The van der Waals surface area contributed by atoms with E-state index in [1.807, 2.05) is 0 Å². The van der Waals surface area contributed by atoms with Crippen LogP contribution in [0.25, 0.3) is 0 Å². The fraction of sp³-hybridized carbons (Fsp3) is 0.500. The number of carboxylic acid groups (broad SMARTS) is 1. The quantitative estimate of drug-likeness (QED) is 0.835. The summed E-state index contributed by atoms with van der Waals surface area (Å²) in [5.74, 6) is -0.906. The minimum absolute atomic E-state index is 0.381. The van der Waals surface area contributed by atoms with Gasteiger partial charge in [-0.3, -0.25) is 4.79 Å². The first-order chi connectivity index (χ1) is 8.42. The van der Waals surface area contributed by atoms with E-state index in [-0.39, 0.29) is 0 Å². The van der Waals surface area contributed by atoms with E-state index in [1.54, 1.807) is 0 Å². The molecule has 0 aliphatic carbocycles. The minimum atomic E-state index is -1.12. The molecule has 1 atom stereocenters. The van der Waals surface area contributed by atoms with E-state index < -0.39 is 11.5 Å². The van der Waals surface area contributed by atoms with Crippen LogP contribution in [-0.2, 0) is 4.79 Å². The molecule has 0 radical (unpaired) electrons. The van der Waals surface area contributed by atoms with Gasteiger partial charge in [-0.25, -0.2) is 0 Å². The number of anilines is 1. The minimum Gasteiger partial charge on any atom is -0.480 e. The first-order valence-corrected chi connectivity index (χ1v) is 6.27. The molecule has 1 aromatic rings. The first-order valence-electron chi connectivity index (χ1n) is 6.27. The molecule has 1 fully saturated rings. The lowest BCUT2D eigenvalue weighted by Crippen LogP contribution is -2.59. The highest BCUT2D eigenvalue weighted by Gasteiger charge is 2.38. The van der Waals surface area contributed by atoms with Crippen molar-refractivity contribution in [2.75, 3.05) is 18.0 Å². The van der Waals surface area contributed by atoms with Crippen molar-refractivity contribution < 1.29 is 9.90 Å². The number of aliphatic carboxylic acids is 1. The molecule has 0 spiro atoms. The molecule has 1 unspecified atom stereocenters. The Kier molecular flexibility index (Phi) is 3.30. The average Bonchev–Trinajstić information content (AvgIpc) is 2.28. The third-order valence-electron chi connectivity index (χ3n) is 3.64. The van der Waals surface area contributed by atoms with E-state index in [0.29, 0.717) is 13.0 Å². The molecule has 1 aromatic carbocycles. The molecule has 1 aliphatic rings. The number of carboxylic acids is 1. The molecule has 0 aromatic heterocycles. The number of aryl methyl sites for hydroxylation is 2. The molecule has 0 bridgehead atoms. The summed E-state index contributed by atoms with van der Waals surface area (Å²) in [7, 11) is 0. The van der Waals surface area contributed by atoms with E-state index in [2.05, 4.69) is 36.9 Å². The van der Waals surface area contributed by atoms with Crippen LogP contribution < -0.4 is 10.6 Å². The zero-order chi connectivity index (χ0) is 13.3. The van der Waals surface area contributed by atoms with E-state index in [4.69, 9.17) is 5.73 Å². The van der Waals surface area contributed by atoms with Crippen LogP contribution in [0.5, 0.6) is 0 Å². The Morgan fingerprint density at radius 3 is 2.78 bits per heavy atom. The van der Waals surface area contributed by atoms with Crippen LogP contribution in [0.1, 0.15) is 24.0 Å². The maximum Gasteiger partial charge on any atom is 0.325 e. The molecule has 4 nitrogen and oxygen atoms in total. The molecule has 3 N–H and O–H groups in total. The Balaban J connectivity index is 2.26. The van der Waals surface area contributed by atoms with E-state index in [0.717, 1.165) is 18.7 Å². The molecule has 98 valence electrons. The molecule has 1 aliphatic heterocycles. The van der Waals surface area contributed by atoms with Gasteiger partial charge in [-0.05, 0) is 38.3 Å². The highest BCUT2D eigenvalue weighted by atomic mass is 16.4. The summed E-state index contributed by atoms with van der Waals surface area (Å²) in [6, 6.07) is 6.22. The van der Waals surface area contributed by atoms with Gasteiger partial charge < -0.3 is 15.7 Å². The van der Waals surface area contributed by atoms with E-state index in [9.17, 15) is 9.90 Å². The summed E-state index contributed by atoms with van der Waals surface area (Å²) in [5, 5.41) is 9.22. The topological polar surface area (TPSA) is 66.6 Å². The molecule has 2 rings (SSSR count). The standard InChI is InChI=1S/C14H20N2O2/c1-10-4-5-12(11(2)8-10)16-7-3-6-14(15,9-16)13(17)18/h4-5,8H,3,6-7,9,15H2,1-2H3,(H,17,18). The van der Waals surface area contributed by atoms with Crippen LogP contribution in [-0.4, -0.2) is 29.7 Å². The lowest BCUT2D eigenvalue weighted by atomic mass is 9.89. The van der Waals surface area contributed by atoms with Crippen molar-refractivity contribution in [1.82, 2.24) is 0 Å². The van der Waals surface area contributed by atoms with E-state index in [1.165, 1.54) is 11.1 Å². The normalized spacial score (nSPS) is 24.1.